The fourth-order valence-electron chi connectivity index (χ4n) is 2.29. The van der Waals surface area contributed by atoms with Gasteiger partial charge in [-0.05, 0) is 49.5 Å². The van der Waals surface area contributed by atoms with Gasteiger partial charge in [0.1, 0.15) is 5.82 Å². The molecule has 0 bridgehead atoms. The Balaban J connectivity index is 1.56. The predicted octanol–water partition coefficient (Wildman–Crippen LogP) is 2.91. The van der Waals surface area contributed by atoms with Crippen LogP contribution in [0.25, 0.3) is 11.0 Å². The average Bonchev–Trinajstić information content (AvgIpc) is 3.22. The highest BCUT2D eigenvalue weighted by atomic mass is 32.1. The first-order valence-corrected chi connectivity index (χ1v) is 7.82. The maximum absolute atomic E-state index is 13.6. The van der Waals surface area contributed by atoms with Gasteiger partial charge in [-0.15, -0.1) is 0 Å². The molecule has 2 aromatic rings. The number of aromatic nitrogens is 2. The largest absolute Gasteiger partial charge is 0.381 e. The number of hydrogen-bond donors (Lipinski definition) is 3. The minimum atomic E-state index is -0.476. The Bertz CT molecular complexity index is 736. The number of H-pyrrole nitrogens is 2. The molecule has 0 saturated heterocycles. The Morgan fingerprint density at radius 3 is 3.00 bits per heavy atom. The maximum atomic E-state index is 13.6. The van der Waals surface area contributed by atoms with Gasteiger partial charge in [0.25, 0.3) is 5.91 Å². The van der Waals surface area contributed by atoms with E-state index in [9.17, 15) is 9.18 Å². The van der Waals surface area contributed by atoms with E-state index in [1.807, 2.05) is 0 Å². The molecule has 0 atom stereocenters. The maximum Gasteiger partial charge on any atom is 0.253 e. The monoisotopic (exact) mass is 323 g/mol. The van der Waals surface area contributed by atoms with E-state index in [0.29, 0.717) is 29.0 Å². The van der Waals surface area contributed by atoms with Gasteiger partial charge in [0.15, 0.2) is 4.77 Å². The number of hydrogen-bond acceptors (Lipinski definition) is 3. The van der Waals surface area contributed by atoms with Gasteiger partial charge < -0.3 is 20.0 Å². The van der Waals surface area contributed by atoms with E-state index in [-0.39, 0.29) is 11.5 Å². The lowest BCUT2D eigenvalue weighted by atomic mass is 10.1. The molecule has 0 radical (unpaired) electrons. The topological polar surface area (TPSA) is 69.9 Å². The number of fused-ring (bicyclic) bond motifs is 1. The third-order valence-electron chi connectivity index (χ3n) is 3.64. The summed E-state index contributed by atoms with van der Waals surface area (Å²) in [7, 11) is 0. The van der Waals surface area contributed by atoms with E-state index in [0.717, 1.165) is 18.9 Å². The van der Waals surface area contributed by atoms with Crippen LogP contribution in [-0.4, -0.2) is 35.6 Å². The highest BCUT2D eigenvalue weighted by Gasteiger charge is 2.20. The summed E-state index contributed by atoms with van der Waals surface area (Å²) >= 11 is 4.98. The molecule has 1 fully saturated rings. The predicted molar refractivity (Wildman–Crippen MR) is 83.9 cm³/mol. The van der Waals surface area contributed by atoms with Gasteiger partial charge in [0.2, 0.25) is 0 Å². The van der Waals surface area contributed by atoms with Crippen molar-refractivity contribution in [1.29, 1.82) is 0 Å². The number of amides is 1. The molecule has 3 N–H and O–H groups in total. The summed E-state index contributed by atoms with van der Waals surface area (Å²) in [5, 5.41) is 2.78. The van der Waals surface area contributed by atoms with Crippen LogP contribution in [0, 0.1) is 16.5 Å². The highest BCUT2D eigenvalue weighted by molar-refractivity contribution is 7.71. The summed E-state index contributed by atoms with van der Waals surface area (Å²) in [6.45, 7) is 1.94. The fourth-order valence-corrected chi connectivity index (χ4v) is 2.50. The molecule has 5 nitrogen and oxygen atoms in total. The van der Waals surface area contributed by atoms with Gasteiger partial charge in [-0.3, -0.25) is 4.79 Å². The standard InChI is InChI=1S/C15H18FN3O2S/c16-10-6-11(13-12(7-10)18-15(22)19-13)14(20)17-4-1-5-21-8-9-2-3-9/h6-7,9H,1-5,8H2,(H,17,20)(H2,18,19,22). The van der Waals surface area contributed by atoms with E-state index in [4.69, 9.17) is 17.0 Å². The molecule has 3 rings (SSSR count). The van der Waals surface area contributed by atoms with Crippen LogP contribution in [0.5, 0.6) is 0 Å². The molecule has 1 aromatic heterocycles. The zero-order valence-electron chi connectivity index (χ0n) is 12.1. The number of nitrogens with one attached hydrogen (secondary N) is 3. The summed E-state index contributed by atoms with van der Waals surface area (Å²) in [6.07, 6.45) is 3.27. The van der Waals surface area contributed by atoms with Crippen LogP contribution in [0.15, 0.2) is 12.1 Å². The minimum Gasteiger partial charge on any atom is -0.381 e. The Labute approximate surface area is 132 Å². The van der Waals surface area contributed by atoms with Crippen molar-refractivity contribution in [3.8, 4) is 0 Å². The summed E-state index contributed by atoms with van der Waals surface area (Å²) in [6, 6.07) is 2.52. The van der Waals surface area contributed by atoms with Crippen LogP contribution in [-0.2, 0) is 4.74 Å². The molecule has 0 spiro atoms. The van der Waals surface area contributed by atoms with Crippen molar-refractivity contribution in [2.45, 2.75) is 19.3 Å². The van der Waals surface area contributed by atoms with Gasteiger partial charge in [-0.1, -0.05) is 0 Å². The van der Waals surface area contributed by atoms with Crippen LogP contribution in [0.1, 0.15) is 29.6 Å². The van der Waals surface area contributed by atoms with E-state index < -0.39 is 5.82 Å². The van der Waals surface area contributed by atoms with Crippen molar-refractivity contribution < 1.29 is 13.9 Å². The van der Waals surface area contributed by atoms with Gasteiger partial charge in [-0.2, -0.15) is 0 Å². The fraction of sp³-hybridized carbons (Fsp3) is 0.467. The number of carbonyl (C=O) groups is 1. The first-order valence-electron chi connectivity index (χ1n) is 7.41. The summed E-state index contributed by atoms with van der Waals surface area (Å²) < 4.78 is 19.4. The summed E-state index contributed by atoms with van der Waals surface area (Å²) in [5.74, 6) is -0.0560. The van der Waals surface area contributed by atoms with E-state index in [1.165, 1.54) is 25.0 Å². The van der Waals surface area contributed by atoms with E-state index >= 15 is 0 Å². The Morgan fingerprint density at radius 2 is 2.23 bits per heavy atom. The number of benzene rings is 1. The number of ether oxygens (including phenoxy) is 1. The number of rotatable bonds is 7. The molecule has 1 amide bonds. The quantitative estimate of drug-likeness (QED) is 0.542. The first kappa shape index (κ1) is 15.2. The molecule has 1 aliphatic carbocycles. The molecule has 22 heavy (non-hydrogen) atoms. The highest BCUT2D eigenvalue weighted by Crippen LogP contribution is 2.28. The van der Waals surface area contributed by atoms with Crippen molar-refractivity contribution in [2.75, 3.05) is 19.8 Å². The minimum absolute atomic E-state index is 0.251. The van der Waals surface area contributed by atoms with Gasteiger partial charge in [0.05, 0.1) is 16.6 Å². The lowest BCUT2D eigenvalue weighted by molar-refractivity contribution is 0.0938. The molecule has 1 heterocycles. The normalized spacial score (nSPS) is 14.4. The lowest BCUT2D eigenvalue weighted by Gasteiger charge is -2.07. The first-order chi connectivity index (χ1) is 10.6. The van der Waals surface area contributed by atoms with Crippen LogP contribution in [0.2, 0.25) is 0 Å². The number of carbonyl (C=O) groups excluding carboxylic acids is 1. The van der Waals surface area contributed by atoms with Gasteiger partial charge in [0, 0.05) is 19.8 Å². The summed E-state index contributed by atoms with van der Waals surface area (Å²) in [5.41, 5.74) is 1.26. The second-order valence-electron chi connectivity index (χ2n) is 5.58. The molecule has 118 valence electrons. The smallest absolute Gasteiger partial charge is 0.253 e. The number of halogens is 1. The van der Waals surface area contributed by atoms with Crippen molar-refractivity contribution >= 4 is 29.2 Å². The molecular weight excluding hydrogens is 305 g/mol. The van der Waals surface area contributed by atoms with Crippen LogP contribution >= 0.6 is 12.2 Å². The third kappa shape index (κ3) is 3.72. The molecule has 1 aliphatic rings. The Kier molecular flexibility index (Phi) is 4.54. The number of imidazole rings is 1. The SMILES string of the molecule is O=C(NCCCOCC1CC1)c1cc(F)cc2[nH]c(=S)[nH]c12. The Hall–Kier alpha value is -1.73. The second-order valence-corrected chi connectivity index (χ2v) is 5.99. The molecule has 0 unspecified atom stereocenters. The third-order valence-corrected chi connectivity index (χ3v) is 3.84. The number of aromatic amines is 2. The van der Waals surface area contributed by atoms with Crippen molar-refractivity contribution in [1.82, 2.24) is 15.3 Å². The van der Waals surface area contributed by atoms with E-state index in [1.54, 1.807) is 0 Å². The molecule has 0 aliphatic heterocycles. The van der Waals surface area contributed by atoms with Crippen LogP contribution in [0.3, 0.4) is 0 Å². The van der Waals surface area contributed by atoms with Gasteiger partial charge in [-0.25, -0.2) is 4.39 Å². The Morgan fingerprint density at radius 1 is 1.41 bits per heavy atom. The van der Waals surface area contributed by atoms with Gasteiger partial charge >= 0.3 is 0 Å². The van der Waals surface area contributed by atoms with Crippen molar-refractivity contribution in [2.24, 2.45) is 5.92 Å². The lowest BCUT2D eigenvalue weighted by Crippen LogP contribution is -2.25. The zero-order valence-corrected chi connectivity index (χ0v) is 12.9. The molecule has 1 aromatic carbocycles. The molecular formula is C15H18FN3O2S. The average molecular weight is 323 g/mol. The van der Waals surface area contributed by atoms with E-state index in [2.05, 4.69) is 15.3 Å². The van der Waals surface area contributed by atoms with Crippen molar-refractivity contribution in [3.63, 3.8) is 0 Å². The zero-order chi connectivity index (χ0) is 15.5. The second kappa shape index (κ2) is 6.58. The summed E-state index contributed by atoms with van der Waals surface area (Å²) in [4.78, 5) is 17.9. The molecule has 1 saturated carbocycles. The van der Waals surface area contributed by atoms with Crippen molar-refractivity contribution in [3.05, 3.63) is 28.3 Å². The van der Waals surface area contributed by atoms with Crippen LogP contribution < -0.4 is 5.32 Å². The van der Waals surface area contributed by atoms with Crippen LogP contribution in [0.4, 0.5) is 4.39 Å². The molecule has 7 heteroatoms.